The first kappa shape index (κ1) is 15.2. The fourth-order valence-electron chi connectivity index (χ4n) is 0.727. The van der Waals surface area contributed by atoms with Crippen LogP contribution in [-0.2, 0) is 12.6 Å². The summed E-state index contributed by atoms with van der Waals surface area (Å²) in [7, 11) is 0. The molecule has 0 aliphatic rings. The van der Waals surface area contributed by atoms with E-state index < -0.39 is 0 Å². The Morgan fingerprint density at radius 3 is 2.27 bits per heavy atom. The number of unbranched alkanes of at least 4 members (excludes halogenated alkanes) is 1. The summed E-state index contributed by atoms with van der Waals surface area (Å²) >= 11 is 9.74. The topological polar surface area (TPSA) is 3.24 Å². The predicted octanol–water partition coefficient (Wildman–Crippen LogP) is -1.06. The van der Waals surface area contributed by atoms with Crippen molar-refractivity contribution in [2.75, 3.05) is 13.1 Å². The zero-order valence-electron chi connectivity index (χ0n) is 7.59. The molecule has 0 N–H and O–H groups in total. The van der Waals surface area contributed by atoms with Gasteiger partial charge in [0, 0.05) is 13.1 Å². The predicted molar refractivity (Wildman–Crippen MR) is 52.1 cm³/mol. The van der Waals surface area contributed by atoms with Gasteiger partial charge in [-0.05, 0) is 13.3 Å². The summed E-state index contributed by atoms with van der Waals surface area (Å²) in [6, 6.07) is 0. The summed E-state index contributed by atoms with van der Waals surface area (Å²) < 4.78 is 0.607. The monoisotopic (exact) mass is 215 g/mol. The number of hydrogen-bond acceptors (Lipinski definition) is 2. The number of hydrogen-bond donors (Lipinski definition) is 0. The zero-order valence-corrected chi connectivity index (χ0v) is 12.3. The molecule has 0 aliphatic heterocycles. The van der Waals surface area contributed by atoms with E-state index in [9.17, 15) is 0 Å². The van der Waals surface area contributed by atoms with E-state index in [1.54, 1.807) is 0 Å². The van der Waals surface area contributed by atoms with Crippen molar-refractivity contribution in [1.29, 1.82) is 0 Å². The summed E-state index contributed by atoms with van der Waals surface area (Å²) in [4.78, 5) is 2.05. The van der Waals surface area contributed by atoms with Gasteiger partial charge in [0.15, 0.2) is 0 Å². The molecule has 0 aliphatic carbocycles. The molecule has 0 atom stereocenters. The Morgan fingerprint density at radius 1 is 1.45 bits per heavy atom. The zero-order chi connectivity index (χ0) is 7.98. The molecule has 0 aromatic carbocycles. The summed E-state index contributed by atoms with van der Waals surface area (Å²) in [6.07, 6.45) is 2.39. The van der Waals surface area contributed by atoms with E-state index in [1.807, 2.05) is 4.90 Å². The van der Waals surface area contributed by atoms with Crippen LogP contribution in [0.15, 0.2) is 0 Å². The first-order valence-electron chi connectivity index (χ1n) is 3.68. The number of nitrogens with zero attached hydrogens (tertiary/aromatic N) is 1. The molecule has 0 bridgehead atoms. The normalized spacial score (nSPS) is 8.55. The quantitative estimate of drug-likeness (QED) is 0.335. The van der Waals surface area contributed by atoms with Gasteiger partial charge in [-0.3, -0.25) is 0 Å². The SMILES string of the molecule is CCCCN(CC)C(=S)[S-].[K+]. The Hall–Kier alpha value is 1.75. The van der Waals surface area contributed by atoms with E-state index in [4.69, 9.17) is 24.8 Å². The summed E-state index contributed by atoms with van der Waals surface area (Å²) in [5, 5.41) is 0. The first-order chi connectivity index (χ1) is 4.72. The molecule has 1 nitrogen and oxygen atoms in total. The van der Waals surface area contributed by atoms with Crippen molar-refractivity contribution in [3.63, 3.8) is 0 Å². The molecule has 4 heteroatoms. The van der Waals surface area contributed by atoms with E-state index in [-0.39, 0.29) is 51.4 Å². The van der Waals surface area contributed by atoms with Crippen molar-refractivity contribution in [2.45, 2.75) is 26.7 Å². The van der Waals surface area contributed by atoms with Crippen molar-refractivity contribution >= 4 is 29.2 Å². The van der Waals surface area contributed by atoms with Gasteiger partial charge >= 0.3 is 51.4 Å². The Labute approximate surface area is 123 Å². The van der Waals surface area contributed by atoms with Crippen LogP contribution in [0, 0.1) is 0 Å². The van der Waals surface area contributed by atoms with Gasteiger partial charge in [0.2, 0.25) is 0 Å². The smallest absolute Gasteiger partial charge is 0.411 e. The van der Waals surface area contributed by atoms with Crippen LogP contribution in [-0.4, -0.2) is 22.3 Å². The largest absolute Gasteiger partial charge is 1.00 e. The van der Waals surface area contributed by atoms with Gasteiger partial charge in [-0.25, -0.2) is 0 Å². The summed E-state index contributed by atoms with van der Waals surface area (Å²) in [5.41, 5.74) is 0. The Morgan fingerprint density at radius 2 is 2.00 bits per heavy atom. The van der Waals surface area contributed by atoms with Crippen LogP contribution < -0.4 is 51.4 Å². The molecule has 0 saturated carbocycles. The maximum Gasteiger partial charge on any atom is 1.00 e. The average Bonchev–Trinajstić information content (AvgIpc) is 1.89. The maximum atomic E-state index is 4.87. The minimum atomic E-state index is 0. The Balaban J connectivity index is 0. The molecule has 11 heavy (non-hydrogen) atoms. The first-order valence-corrected chi connectivity index (χ1v) is 4.50. The van der Waals surface area contributed by atoms with E-state index in [2.05, 4.69) is 13.8 Å². The Kier molecular flexibility index (Phi) is 13.6. The van der Waals surface area contributed by atoms with Crippen LogP contribution >= 0.6 is 12.2 Å². The average molecular weight is 215 g/mol. The van der Waals surface area contributed by atoms with Gasteiger partial charge in [0.05, 0.1) is 0 Å². The van der Waals surface area contributed by atoms with E-state index >= 15 is 0 Å². The van der Waals surface area contributed by atoms with E-state index in [0.29, 0.717) is 4.32 Å². The molecule has 60 valence electrons. The molecule has 0 aromatic rings. The van der Waals surface area contributed by atoms with Crippen molar-refractivity contribution in [3.8, 4) is 0 Å². The van der Waals surface area contributed by atoms with Crippen molar-refractivity contribution < 1.29 is 51.4 Å². The molecule has 0 aromatic heterocycles. The molecule has 0 heterocycles. The standard InChI is InChI=1S/C7H15NS2.K/c1-3-5-6-8(4-2)7(9)10;/h3-6H2,1-2H3,(H,9,10);/q;+1/p-1. The fraction of sp³-hybridized carbons (Fsp3) is 0.857. The maximum absolute atomic E-state index is 4.87. The Bertz CT molecular complexity index is 109. The third-order valence-electron chi connectivity index (χ3n) is 1.42. The summed E-state index contributed by atoms with van der Waals surface area (Å²) in [6.45, 7) is 6.21. The van der Waals surface area contributed by atoms with E-state index in [1.165, 1.54) is 12.8 Å². The van der Waals surface area contributed by atoms with Crippen LogP contribution in [0.4, 0.5) is 0 Å². The van der Waals surface area contributed by atoms with Crippen LogP contribution in [0.25, 0.3) is 0 Å². The fourth-order valence-corrected chi connectivity index (χ4v) is 1.17. The molecule has 0 spiro atoms. The molecule has 0 fully saturated rings. The van der Waals surface area contributed by atoms with Crippen LogP contribution in [0.5, 0.6) is 0 Å². The third kappa shape index (κ3) is 8.09. The molecular weight excluding hydrogens is 201 g/mol. The van der Waals surface area contributed by atoms with Crippen LogP contribution in [0.1, 0.15) is 26.7 Å². The number of rotatable bonds is 4. The minimum absolute atomic E-state index is 0. The van der Waals surface area contributed by atoms with Crippen LogP contribution in [0.2, 0.25) is 0 Å². The van der Waals surface area contributed by atoms with Crippen LogP contribution in [0.3, 0.4) is 0 Å². The van der Waals surface area contributed by atoms with Crippen molar-refractivity contribution in [1.82, 2.24) is 4.90 Å². The van der Waals surface area contributed by atoms with Gasteiger partial charge in [0.25, 0.3) is 0 Å². The van der Waals surface area contributed by atoms with Gasteiger partial charge in [0.1, 0.15) is 0 Å². The molecule has 0 saturated heterocycles. The molecule has 0 radical (unpaired) electrons. The molecule has 0 amide bonds. The van der Waals surface area contributed by atoms with Gasteiger partial charge in [-0.1, -0.05) is 17.7 Å². The second-order valence-corrected chi connectivity index (χ2v) is 3.23. The molecule has 0 rings (SSSR count). The van der Waals surface area contributed by atoms with Crippen molar-refractivity contribution in [3.05, 3.63) is 0 Å². The van der Waals surface area contributed by atoms with Gasteiger partial charge in [-0.15, -0.1) is 0 Å². The van der Waals surface area contributed by atoms with Gasteiger partial charge < -0.3 is 29.7 Å². The van der Waals surface area contributed by atoms with E-state index in [0.717, 1.165) is 13.1 Å². The third-order valence-corrected chi connectivity index (χ3v) is 1.94. The number of thiocarbonyl (C=S) groups is 1. The van der Waals surface area contributed by atoms with Gasteiger partial charge in [-0.2, -0.15) is 0 Å². The minimum Gasteiger partial charge on any atom is -0.411 e. The molecule has 0 unspecified atom stereocenters. The second kappa shape index (κ2) is 9.83. The van der Waals surface area contributed by atoms with Crippen molar-refractivity contribution in [2.24, 2.45) is 0 Å². The second-order valence-electron chi connectivity index (χ2n) is 2.20. The summed E-state index contributed by atoms with van der Waals surface area (Å²) in [5.74, 6) is 0. The molecular formula is C7H14KNS2.